The second kappa shape index (κ2) is 10.3. The summed E-state index contributed by atoms with van der Waals surface area (Å²) in [6.45, 7) is 12.6. The van der Waals surface area contributed by atoms with Gasteiger partial charge in [0.2, 0.25) is 0 Å². The van der Waals surface area contributed by atoms with Gasteiger partial charge in [0, 0.05) is 0 Å². The first-order chi connectivity index (χ1) is 11.4. The van der Waals surface area contributed by atoms with E-state index in [4.69, 9.17) is 9.05 Å². The summed E-state index contributed by atoms with van der Waals surface area (Å²) in [5.41, 5.74) is 2.25. The Morgan fingerprint density at radius 1 is 0.704 bits per heavy atom. The first-order valence-corrected chi connectivity index (χ1v) is 9.79. The van der Waals surface area contributed by atoms with Crippen LogP contribution in [-0.4, -0.2) is 4.89 Å². The van der Waals surface area contributed by atoms with E-state index in [0.717, 1.165) is 11.1 Å². The van der Waals surface area contributed by atoms with E-state index in [1.807, 2.05) is 24.3 Å². The second-order valence-corrected chi connectivity index (χ2v) is 9.50. The molecule has 1 N–H and O–H groups in total. The van der Waals surface area contributed by atoms with Gasteiger partial charge in [0.15, 0.2) is 0 Å². The number of phosphoric ester groups is 1. The third-order valence-corrected chi connectivity index (χ3v) is 4.77. The molecule has 7 heteroatoms. The Balaban J connectivity index is -0.00000169. The van der Waals surface area contributed by atoms with E-state index in [9.17, 15) is 9.46 Å². The molecule has 0 spiro atoms. The molecular weight excluding hydrogens is 381 g/mol. The van der Waals surface area contributed by atoms with E-state index in [1.54, 1.807) is 24.3 Å². The van der Waals surface area contributed by atoms with Gasteiger partial charge in [0.05, 0.1) is 0 Å². The summed E-state index contributed by atoms with van der Waals surface area (Å²) in [4.78, 5) is 9.99. The van der Waals surface area contributed by atoms with Crippen LogP contribution in [0, 0.1) is 0 Å². The third kappa shape index (κ3) is 8.64. The average Bonchev–Trinajstić information content (AvgIpc) is 2.45. The maximum absolute atomic E-state index is 12.2. The fraction of sp³-hybridized carbons (Fsp3) is 0.400. The fourth-order valence-corrected chi connectivity index (χ4v) is 3.13. The van der Waals surface area contributed by atoms with Gasteiger partial charge in [-0.05, 0) is 46.2 Å². The van der Waals surface area contributed by atoms with Crippen molar-refractivity contribution < 1.29 is 80.5 Å². The number of phosphoric acid groups is 1. The molecule has 0 unspecified atom stereocenters. The minimum absolute atomic E-state index is 0. The molecule has 0 aliphatic heterocycles. The van der Waals surface area contributed by atoms with Crippen LogP contribution in [0.15, 0.2) is 48.5 Å². The van der Waals surface area contributed by atoms with Crippen molar-refractivity contribution in [2.24, 2.45) is 0 Å². The van der Waals surface area contributed by atoms with Crippen LogP contribution in [0.2, 0.25) is 0 Å². The van der Waals surface area contributed by atoms with Gasteiger partial charge in [-0.1, -0.05) is 65.8 Å². The standard InChI is InChI=1S/C20H27O4P.2Na.2H/c1-19(2,3)15-7-11-17(12-8-15)23-25(21,22)24-18-13-9-16(10-14-18)20(4,5)6;;;;/h7-14H,1-6H3,(H,21,22);;;;/q;2*+1;2*-1. The van der Waals surface area contributed by atoms with Crippen LogP contribution in [0.3, 0.4) is 0 Å². The molecule has 2 rings (SSSR count). The zero-order chi connectivity index (χ0) is 18.9. The maximum Gasteiger partial charge on any atom is 1.00 e. The molecule has 2 aromatic rings. The molecule has 0 heterocycles. The summed E-state index contributed by atoms with van der Waals surface area (Å²) < 4.78 is 22.5. The van der Waals surface area contributed by atoms with Crippen LogP contribution in [0.1, 0.15) is 55.5 Å². The van der Waals surface area contributed by atoms with Crippen molar-refractivity contribution in [3.05, 3.63) is 59.7 Å². The molecule has 0 bridgehead atoms. The molecule has 0 aliphatic rings. The summed E-state index contributed by atoms with van der Waals surface area (Å²) in [6.07, 6.45) is 0. The van der Waals surface area contributed by atoms with Crippen LogP contribution >= 0.6 is 7.82 Å². The number of benzene rings is 2. The number of hydrogen-bond donors (Lipinski definition) is 1. The molecule has 0 aliphatic carbocycles. The van der Waals surface area contributed by atoms with Crippen molar-refractivity contribution in [1.82, 2.24) is 0 Å². The molecule has 4 nitrogen and oxygen atoms in total. The number of rotatable bonds is 4. The SMILES string of the molecule is CC(C)(C)c1ccc(OP(=O)(O)Oc2ccc(C(C)(C)C)cc2)cc1.[H-].[H-].[Na+].[Na+]. The summed E-state index contributed by atoms with van der Waals surface area (Å²) >= 11 is 0. The molecule has 0 fully saturated rings. The van der Waals surface area contributed by atoms with Crippen molar-refractivity contribution in [3.8, 4) is 11.5 Å². The van der Waals surface area contributed by atoms with E-state index in [-0.39, 0.29) is 72.8 Å². The first kappa shape index (κ1) is 27.2. The van der Waals surface area contributed by atoms with Crippen LogP contribution < -0.4 is 68.2 Å². The van der Waals surface area contributed by atoms with E-state index in [1.165, 1.54) is 0 Å². The Labute approximate surface area is 210 Å². The Kier molecular flexibility index (Phi) is 10.4. The van der Waals surface area contributed by atoms with Crippen LogP contribution in [0.4, 0.5) is 0 Å². The Morgan fingerprint density at radius 2 is 0.963 bits per heavy atom. The molecule has 0 amide bonds. The summed E-state index contributed by atoms with van der Waals surface area (Å²) in [7, 11) is -4.25. The van der Waals surface area contributed by atoms with Gasteiger partial charge in [-0.25, -0.2) is 4.57 Å². The van der Waals surface area contributed by atoms with Crippen molar-refractivity contribution in [2.45, 2.75) is 52.4 Å². The average molecular weight is 410 g/mol. The predicted molar refractivity (Wildman–Crippen MR) is 104 cm³/mol. The normalized spacial score (nSPS) is 11.8. The van der Waals surface area contributed by atoms with E-state index in [0.29, 0.717) is 11.5 Å². The maximum atomic E-state index is 12.2. The second-order valence-electron chi connectivity index (χ2n) is 8.20. The zero-order valence-corrected chi connectivity index (χ0v) is 22.6. The molecule has 140 valence electrons. The van der Waals surface area contributed by atoms with Gasteiger partial charge in [-0.3, -0.25) is 4.89 Å². The quantitative estimate of drug-likeness (QED) is 0.573. The van der Waals surface area contributed by atoms with Crippen LogP contribution in [0.25, 0.3) is 0 Å². The van der Waals surface area contributed by atoms with Gasteiger partial charge in [0.1, 0.15) is 11.5 Å². The minimum Gasteiger partial charge on any atom is -1.00 e. The Bertz CT molecular complexity index is 708. The van der Waals surface area contributed by atoms with Gasteiger partial charge >= 0.3 is 66.9 Å². The summed E-state index contributed by atoms with van der Waals surface area (Å²) in [5, 5.41) is 0. The fourth-order valence-electron chi connectivity index (χ4n) is 2.32. The molecule has 0 saturated heterocycles. The zero-order valence-electron chi connectivity index (χ0n) is 19.7. The van der Waals surface area contributed by atoms with E-state index in [2.05, 4.69) is 41.5 Å². The number of hydrogen-bond acceptors (Lipinski definition) is 3. The molecule has 27 heavy (non-hydrogen) atoms. The Morgan fingerprint density at radius 3 is 1.19 bits per heavy atom. The van der Waals surface area contributed by atoms with Crippen LogP contribution in [0.5, 0.6) is 11.5 Å². The van der Waals surface area contributed by atoms with E-state index >= 15 is 0 Å². The summed E-state index contributed by atoms with van der Waals surface area (Å²) in [6, 6.07) is 14.2. The van der Waals surface area contributed by atoms with Crippen molar-refractivity contribution in [2.75, 3.05) is 0 Å². The molecule has 0 saturated carbocycles. The van der Waals surface area contributed by atoms with Crippen LogP contribution in [-0.2, 0) is 15.4 Å². The van der Waals surface area contributed by atoms with Crippen molar-refractivity contribution in [1.29, 1.82) is 0 Å². The van der Waals surface area contributed by atoms with Gasteiger partial charge in [0.25, 0.3) is 0 Å². The molecule has 0 atom stereocenters. The Hall–Kier alpha value is 0.230. The molecular formula is C20H29Na2O4P. The predicted octanol–water partition coefficient (Wildman–Crippen LogP) is 0.0728. The smallest absolute Gasteiger partial charge is 1.00 e. The minimum atomic E-state index is -4.25. The van der Waals surface area contributed by atoms with E-state index < -0.39 is 7.82 Å². The third-order valence-electron chi connectivity index (χ3n) is 3.88. The van der Waals surface area contributed by atoms with Gasteiger partial charge < -0.3 is 11.9 Å². The largest absolute Gasteiger partial charge is 1.00 e. The first-order valence-electron chi connectivity index (χ1n) is 8.30. The van der Waals surface area contributed by atoms with Gasteiger partial charge in [-0.2, -0.15) is 0 Å². The van der Waals surface area contributed by atoms with Crippen molar-refractivity contribution >= 4 is 7.82 Å². The monoisotopic (exact) mass is 410 g/mol. The topological polar surface area (TPSA) is 55.8 Å². The molecule has 0 radical (unpaired) electrons. The summed E-state index contributed by atoms with van der Waals surface area (Å²) in [5.74, 6) is 0.593. The van der Waals surface area contributed by atoms with Gasteiger partial charge in [-0.15, -0.1) is 0 Å². The van der Waals surface area contributed by atoms with Crippen molar-refractivity contribution in [3.63, 3.8) is 0 Å². The molecule has 0 aromatic heterocycles. The molecule has 2 aromatic carbocycles.